The molecule has 23 heteroatoms. The highest BCUT2D eigenvalue weighted by Gasteiger charge is 2.23. The Kier molecular flexibility index (Phi) is 19.2. The summed E-state index contributed by atoms with van der Waals surface area (Å²) in [5.74, 6) is -3.70. The highest BCUT2D eigenvalue weighted by Crippen LogP contribution is 2.25. The van der Waals surface area contributed by atoms with Gasteiger partial charge in [0.05, 0.1) is 36.3 Å². The van der Waals surface area contributed by atoms with Crippen LogP contribution in [0.15, 0.2) is 97.1 Å². The van der Waals surface area contributed by atoms with Crippen molar-refractivity contribution < 1.29 is 67.2 Å². The molecule has 6 rings (SSSR count). The number of benzene rings is 4. The van der Waals surface area contributed by atoms with Crippen LogP contribution < -0.4 is 27.0 Å². The van der Waals surface area contributed by atoms with Gasteiger partial charge in [-0.3, -0.25) is 53.3 Å². The lowest BCUT2D eigenvalue weighted by molar-refractivity contribution is -0.148. The Bertz CT molecular complexity index is 2950. The fourth-order valence-corrected chi connectivity index (χ4v) is 6.82. The Labute approximate surface area is 411 Å². The number of amides is 4. The molecule has 0 radical (unpaired) electrons. The molecule has 2 aromatic heterocycles. The second-order valence-corrected chi connectivity index (χ2v) is 16.1. The number of nitrogens with one attached hydrogen (secondary N) is 4. The molecule has 378 valence electrons. The molecule has 2 atom stereocenters. The number of ether oxygens (including phenoxy) is 4. The van der Waals surface area contributed by atoms with E-state index in [-0.39, 0.29) is 61.6 Å². The zero-order valence-corrected chi connectivity index (χ0v) is 39.8. The van der Waals surface area contributed by atoms with Gasteiger partial charge in [-0.2, -0.15) is 0 Å². The second kappa shape index (κ2) is 25.6. The number of methoxy groups -OCH3 is 2. The van der Waals surface area contributed by atoms with Crippen molar-refractivity contribution in [2.45, 2.75) is 65.6 Å². The normalized spacial score (nSPS) is 11.5. The standard InChI is InChI=1S/C27H31N5O7.C22H22N4O7/c1-16(2)12-21(29-17(3)33)25(36)28-14-23(34)39-15-32-22-11-10-19(24(35)18-8-6-5-7-9-18)13-20(22)30-26(32)31-27(37)38-4;1-32-22(31)25-21-24-16-11-14(19(28)13-5-3-2-4-6-13)7-9-17(16)26(21)12-33-18(27)10-8-15(23)20(29)30/h5-11,13,16,21H,12,14-15H2,1-4H3,(H,28,36)(H,29,33)(H,30,31,37);2-7,9,11,15H,8,10,12,23H2,1H3,(H,29,30)(H,24,25,31)/t21-;/m0./s1. The summed E-state index contributed by atoms with van der Waals surface area (Å²) in [7, 11) is 2.37. The van der Waals surface area contributed by atoms with Crippen LogP contribution in [0.5, 0.6) is 0 Å². The third kappa shape index (κ3) is 15.0. The van der Waals surface area contributed by atoms with Gasteiger partial charge in [0.15, 0.2) is 25.0 Å². The Morgan fingerprint density at radius 1 is 0.653 bits per heavy atom. The Hall–Kier alpha value is -8.99. The number of fused-ring (bicyclic) bond motifs is 2. The number of carbonyl (C=O) groups is 9. The molecule has 4 amide bonds. The first-order chi connectivity index (χ1) is 34.4. The number of carboxylic acid groups (broad SMARTS) is 1. The predicted octanol–water partition coefficient (Wildman–Crippen LogP) is 4.75. The number of nitrogens with zero attached hydrogens (tertiary/aromatic N) is 4. The molecule has 2 heterocycles. The first kappa shape index (κ1) is 54.0. The van der Waals surface area contributed by atoms with Gasteiger partial charge in [-0.25, -0.2) is 19.6 Å². The number of imidazole rings is 2. The van der Waals surface area contributed by atoms with Crippen molar-refractivity contribution in [1.82, 2.24) is 29.7 Å². The van der Waals surface area contributed by atoms with Gasteiger partial charge >= 0.3 is 30.1 Å². The first-order valence-corrected chi connectivity index (χ1v) is 22.1. The summed E-state index contributed by atoms with van der Waals surface area (Å²) in [4.78, 5) is 117. The molecular formula is C49H53N9O14. The molecule has 6 aromatic rings. The average molecular weight is 992 g/mol. The van der Waals surface area contributed by atoms with Gasteiger partial charge in [0.2, 0.25) is 23.7 Å². The van der Waals surface area contributed by atoms with Gasteiger partial charge in [0, 0.05) is 35.6 Å². The molecular weight excluding hydrogens is 939 g/mol. The van der Waals surface area contributed by atoms with Crippen LogP contribution in [0.3, 0.4) is 0 Å². The lowest BCUT2D eigenvalue weighted by Crippen LogP contribution is -2.48. The second-order valence-electron chi connectivity index (χ2n) is 16.1. The molecule has 1 unspecified atom stereocenters. The lowest BCUT2D eigenvalue weighted by Gasteiger charge is -2.19. The third-order valence-electron chi connectivity index (χ3n) is 10.4. The molecule has 0 saturated carbocycles. The molecule has 0 aliphatic rings. The van der Waals surface area contributed by atoms with Gasteiger partial charge in [-0.1, -0.05) is 74.5 Å². The van der Waals surface area contributed by atoms with Crippen molar-refractivity contribution in [2.24, 2.45) is 11.7 Å². The lowest BCUT2D eigenvalue weighted by atomic mass is 10.0. The molecule has 0 aliphatic carbocycles. The monoisotopic (exact) mass is 991 g/mol. The number of carboxylic acids is 1. The van der Waals surface area contributed by atoms with Crippen LogP contribution in [0, 0.1) is 5.92 Å². The van der Waals surface area contributed by atoms with Crippen molar-refractivity contribution >= 4 is 87.4 Å². The number of aliphatic carboxylic acids is 1. The topological polar surface area (TPSA) is 321 Å². The average Bonchev–Trinajstić information content (AvgIpc) is 3.90. The number of aromatic nitrogens is 4. The number of hydrogen-bond acceptors (Lipinski definition) is 16. The number of hydrogen-bond donors (Lipinski definition) is 6. The van der Waals surface area contributed by atoms with Crippen LogP contribution in [0.1, 0.15) is 71.9 Å². The highest BCUT2D eigenvalue weighted by atomic mass is 16.6. The van der Waals surface area contributed by atoms with Crippen molar-refractivity contribution in [3.63, 3.8) is 0 Å². The van der Waals surface area contributed by atoms with E-state index in [9.17, 15) is 43.2 Å². The van der Waals surface area contributed by atoms with Crippen LogP contribution in [0.2, 0.25) is 0 Å². The van der Waals surface area contributed by atoms with E-state index >= 15 is 0 Å². The zero-order chi connectivity index (χ0) is 52.5. The number of carbonyl (C=O) groups excluding carboxylic acids is 8. The molecule has 0 bridgehead atoms. The van der Waals surface area contributed by atoms with Crippen molar-refractivity contribution in [3.8, 4) is 0 Å². The molecule has 0 spiro atoms. The van der Waals surface area contributed by atoms with E-state index in [1.54, 1.807) is 84.9 Å². The van der Waals surface area contributed by atoms with Gasteiger partial charge in [-0.15, -0.1) is 0 Å². The number of esters is 2. The number of rotatable bonds is 20. The Balaban J connectivity index is 0.000000271. The van der Waals surface area contributed by atoms with E-state index < -0.39 is 54.6 Å². The van der Waals surface area contributed by atoms with Gasteiger partial charge in [0.1, 0.15) is 18.6 Å². The Morgan fingerprint density at radius 2 is 1.11 bits per heavy atom. The summed E-state index contributed by atoms with van der Waals surface area (Å²) in [5, 5.41) is 18.7. The smallest absolute Gasteiger partial charge is 0.413 e. The minimum Gasteiger partial charge on any atom is -0.480 e. The van der Waals surface area contributed by atoms with Gasteiger partial charge < -0.3 is 40.4 Å². The van der Waals surface area contributed by atoms with Crippen molar-refractivity contribution in [1.29, 1.82) is 0 Å². The molecule has 0 aliphatic heterocycles. The molecule has 23 nitrogen and oxygen atoms in total. The number of ketones is 2. The van der Waals surface area contributed by atoms with Crippen molar-refractivity contribution in [2.75, 3.05) is 31.4 Å². The first-order valence-electron chi connectivity index (χ1n) is 22.1. The maximum absolute atomic E-state index is 12.9. The molecule has 0 saturated heterocycles. The quantitative estimate of drug-likeness (QED) is 0.0341. The van der Waals surface area contributed by atoms with Crippen LogP contribution in [0.4, 0.5) is 21.5 Å². The van der Waals surface area contributed by atoms with Crippen LogP contribution in [-0.4, -0.2) is 111 Å². The molecule has 7 N–H and O–H groups in total. The summed E-state index contributed by atoms with van der Waals surface area (Å²) in [5.41, 5.74) is 8.91. The van der Waals surface area contributed by atoms with Crippen molar-refractivity contribution in [3.05, 3.63) is 119 Å². The summed E-state index contributed by atoms with van der Waals surface area (Å²) in [6.07, 6.45) is -1.46. The fourth-order valence-electron chi connectivity index (χ4n) is 6.82. The fraction of sp³-hybridized carbons (Fsp3) is 0.286. The summed E-state index contributed by atoms with van der Waals surface area (Å²) in [6, 6.07) is 25.1. The molecule has 4 aromatic carbocycles. The van der Waals surface area contributed by atoms with Crippen LogP contribution >= 0.6 is 0 Å². The minimum absolute atomic E-state index is 0.0284. The number of anilines is 2. The summed E-state index contributed by atoms with van der Waals surface area (Å²) in [6.45, 7) is 4.03. The Morgan fingerprint density at radius 3 is 1.53 bits per heavy atom. The largest absolute Gasteiger partial charge is 0.480 e. The van der Waals surface area contributed by atoms with E-state index in [1.807, 2.05) is 26.0 Å². The number of nitrogens with two attached hydrogens (primary N) is 1. The zero-order valence-electron chi connectivity index (χ0n) is 39.8. The molecule has 0 fully saturated rings. The van der Waals surface area contributed by atoms with Gasteiger partial charge in [-0.05, 0) is 55.2 Å². The SMILES string of the molecule is COC(=O)Nc1nc2cc(C(=O)c3ccccc3)ccc2n1COC(=O)CCC(N)C(=O)O.COC(=O)Nc1nc2cc(C(=O)c3ccccc3)ccc2n1COC(=O)CNC(=O)[C@H](CC(C)C)NC(C)=O. The van der Waals surface area contributed by atoms with Crippen LogP contribution in [0.25, 0.3) is 22.1 Å². The maximum Gasteiger partial charge on any atom is 0.413 e. The van der Waals surface area contributed by atoms with Crippen LogP contribution in [-0.2, 0) is 56.4 Å². The summed E-state index contributed by atoms with van der Waals surface area (Å²) < 4.78 is 22.6. The van der Waals surface area contributed by atoms with E-state index in [2.05, 4.69) is 40.7 Å². The maximum atomic E-state index is 12.9. The highest BCUT2D eigenvalue weighted by molar-refractivity contribution is 6.11. The van der Waals surface area contributed by atoms with E-state index in [0.29, 0.717) is 50.7 Å². The van der Waals surface area contributed by atoms with E-state index in [4.69, 9.17) is 20.3 Å². The minimum atomic E-state index is -1.21. The van der Waals surface area contributed by atoms with Gasteiger partial charge in [0.25, 0.3) is 0 Å². The molecule has 72 heavy (non-hydrogen) atoms. The summed E-state index contributed by atoms with van der Waals surface area (Å²) >= 11 is 0. The predicted molar refractivity (Wildman–Crippen MR) is 258 cm³/mol. The van der Waals surface area contributed by atoms with E-state index in [0.717, 1.165) is 0 Å². The third-order valence-corrected chi connectivity index (χ3v) is 10.4. The van der Waals surface area contributed by atoms with E-state index in [1.165, 1.54) is 30.3 Å².